The lowest BCUT2D eigenvalue weighted by atomic mass is 10.1. The van der Waals surface area contributed by atoms with E-state index in [1.165, 1.54) is 13.2 Å². The van der Waals surface area contributed by atoms with E-state index in [4.69, 9.17) is 9.47 Å². The van der Waals surface area contributed by atoms with Crippen LogP contribution in [0.3, 0.4) is 0 Å². The second-order valence-electron chi connectivity index (χ2n) is 4.64. The summed E-state index contributed by atoms with van der Waals surface area (Å²) in [5, 5.41) is 10.9. The maximum atomic E-state index is 10.9. The number of nitrogens with zero attached hydrogens (tertiary/aromatic N) is 1. The average molecular weight is 301 g/mol. The maximum absolute atomic E-state index is 10.9. The molecule has 6 nitrogen and oxygen atoms in total. The van der Waals surface area contributed by atoms with Gasteiger partial charge in [-0.3, -0.25) is 14.9 Å². The van der Waals surface area contributed by atoms with E-state index in [9.17, 15) is 14.9 Å². The van der Waals surface area contributed by atoms with Gasteiger partial charge in [-0.2, -0.15) is 0 Å². The van der Waals surface area contributed by atoms with Gasteiger partial charge in [-0.05, 0) is 30.7 Å². The first-order chi connectivity index (χ1) is 10.6. The summed E-state index contributed by atoms with van der Waals surface area (Å²) in [5.41, 5.74) is 1.77. The van der Waals surface area contributed by atoms with Crippen molar-refractivity contribution in [1.82, 2.24) is 0 Å². The Hall–Kier alpha value is -2.89. The van der Waals surface area contributed by atoms with Crippen LogP contribution in [0.4, 0.5) is 5.69 Å². The van der Waals surface area contributed by atoms with E-state index in [0.29, 0.717) is 34.5 Å². The van der Waals surface area contributed by atoms with Crippen molar-refractivity contribution < 1.29 is 19.2 Å². The molecule has 0 radical (unpaired) electrons. The summed E-state index contributed by atoms with van der Waals surface area (Å²) in [4.78, 5) is 21.3. The Bertz CT molecular complexity index is 712. The quantitative estimate of drug-likeness (QED) is 0.464. The molecule has 0 aliphatic carbocycles. The molecule has 0 amide bonds. The molecule has 6 heteroatoms. The van der Waals surface area contributed by atoms with Crippen molar-refractivity contribution >= 4 is 12.0 Å². The van der Waals surface area contributed by atoms with Gasteiger partial charge in [-0.1, -0.05) is 12.1 Å². The lowest BCUT2D eigenvalue weighted by Gasteiger charge is -2.12. The van der Waals surface area contributed by atoms with E-state index in [0.717, 1.165) is 0 Å². The Labute approximate surface area is 127 Å². The number of hydrogen-bond donors (Lipinski definition) is 0. The van der Waals surface area contributed by atoms with Crippen LogP contribution in [0.15, 0.2) is 36.4 Å². The van der Waals surface area contributed by atoms with E-state index < -0.39 is 4.92 Å². The molecule has 0 bridgehead atoms. The molecule has 0 aromatic heterocycles. The second kappa shape index (κ2) is 6.71. The molecule has 2 aromatic carbocycles. The van der Waals surface area contributed by atoms with Crippen LogP contribution in [0.25, 0.3) is 0 Å². The van der Waals surface area contributed by atoms with Crippen LogP contribution in [0.2, 0.25) is 0 Å². The lowest BCUT2D eigenvalue weighted by Crippen LogP contribution is -2.02. The molecule has 0 fully saturated rings. The van der Waals surface area contributed by atoms with Crippen molar-refractivity contribution in [2.45, 2.75) is 13.5 Å². The summed E-state index contributed by atoms with van der Waals surface area (Å²) in [6, 6.07) is 9.66. The van der Waals surface area contributed by atoms with E-state index in [1.807, 2.05) is 0 Å². The first-order valence-corrected chi connectivity index (χ1v) is 6.55. The first-order valence-electron chi connectivity index (χ1n) is 6.55. The number of rotatable bonds is 6. The predicted molar refractivity (Wildman–Crippen MR) is 80.5 cm³/mol. The molecule has 0 aliphatic rings. The Morgan fingerprint density at radius 2 is 2.00 bits per heavy atom. The minimum absolute atomic E-state index is 0.0507. The second-order valence-corrected chi connectivity index (χ2v) is 4.64. The van der Waals surface area contributed by atoms with Gasteiger partial charge in [0.05, 0.1) is 12.0 Å². The largest absolute Gasteiger partial charge is 0.493 e. The number of nitro groups is 1. The number of aldehydes is 1. The topological polar surface area (TPSA) is 78.7 Å². The summed E-state index contributed by atoms with van der Waals surface area (Å²) in [7, 11) is 1.50. The van der Waals surface area contributed by atoms with Gasteiger partial charge in [0, 0.05) is 17.2 Å². The number of carbonyl (C=O) groups excluding carboxylic acids is 1. The zero-order valence-corrected chi connectivity index (χ0v) is 12.2. The number of benzene rings is 2. The summed E-state index contributed by atoms with van der Waals surface area (Å²) in [6.45, 7) is 1.82. The average Bonchev–Trinajstić information content (AvgIpc) is 2.53. The van der Waals surface area contributed by atoms with Crippen LogP contribution in [0.5, 0.6) is 11.5 Å². The van der Waals surface area contributed by atoms with Gasteiger partial charge in [-0.15, -0.1) is 0 Å². The summed E-state index contributed by atoms with van der Waals surface area (Å²) in [5.74, 6) is 0.909. The zero-order chi connectivity index (χ0) is 16.1. The fraction of sp³-hybridized carbons (Fsp3) is 0.188. The third-order valence-electron chi connectivity index (χ3n) is 3.32. The zero-order valence-electron chi connectivity index (χ0n) is 12.2. The van der Waals surface area contributed by atoms with Gasteiger partial charge in [0.1, 0.15) is 12.9 Å². The number of carbonyl (C=O) groups is 1. The molecular weight excluding hydrogens is 286 g/mol. The van der Waals surface area contributed by atoms with E-state index in [-0.39, 0.29) is 12.3 Å². The van der Waals surface area contributed by atoms with Crippen LogP contribution < -0.4 is 9.47 Å². The molecule has 2 aromatic rings. The Morgan fingerprint density at radius 3 is 2.64 bits per heavy atom. The van der Waals surface area contributed by atoms with E-state index in [2.05, 4.69) is 0 Å². The summed E-state index contributed by atoms with van der Waals surface area (Å²) >= 11 is 0. The normalized spacial score (nSPS) is 10.1. The minimum atomic E-state index is -0.424. The standard InChI is InChI=1S/C16H15NO5/c1-11-13(4-3-5-14(11)17(19)20)10-22-16-8-12(9-18)6-7-15(16)21-2/h3-9H,10H2,1-2H3. The molecule has 22 heavy (non-hydrogen) atoms. The fourth-order valence-corrected chi connectivity index (χ4v) is 2.06. The van der Waals surface area contributed by atoms with Crippen molar-refractivity contribution in [3.63, 3.8) is 0 Å². The third-order valence-corrected chi connectivity index (χ3v) is 3.32. The third kappa shape index (κ3) is 3.22. The summed E-state index contributed by atoms with van der Waals surface area (Å²) in [6.07, 6.45) is 0.713. The molecule has 2 rings (SSSR count). The van der Waals surface area contributed by atoms with Crippen LogP contribution in [0.1, 0.15) is 21.5 Å². The van der Waals surface area contributed by atoms with Gasteiger partial charge < -0.3 is 9.47 Å². The van der Waals surface area contributed by atoms with E-state index >= 15 is 0 Å². The van der Waals surface area contributed by atoms with Crippen molar-refractivity contribution in [3.8, 4) is 11.5 Å². The summed E-state index contributed by atoms with van der Waals surface area (Å²) < 4.78 is 10.8. The van der Waals surface area contributed by atoms with Crippen LogP contribution in [-0.4, -0.2) is 18.3 Å². The van der Waals surface area contributed by atoms with Gasteiger partial charge in [0.15, 0.2) is 11.5 Å². The molecule has 0 atom stereocenters. The maximum Gasteiger partial charge on any atom is 0.272 e. The Balaban J connectivity index is 2.25. The number of nitro benzene ring substituents is 1. The van der Waals surface area contributed by atoms with Crippen molar-refractivity contribution in [3.05, 3.63) is 63.2 Å². The molecule has 0 saturated carbocycles. The number of hydrogen-bond acceptors (Lipinski definition) is 5. The Kier molecular flexibility index (Phi) is 4.73. The predicted octanol–water partition coefficient (Wildman–Crippen LogP) is 3.30. The van der Waals surface area contributed by atoms with E-state index in [1.54, 1.807) is 37.3 Å². The fourth-order valence-electron chi connectivity index (χ4n) is 2.06. The van der Waals surface area contributed by atoms with Crippen molar-refractivity contribution in [2.24, 2.45) is 0 Å². The van der Waals surface area contributed by atoms with Crippen LogP contribution in [-0.2, 0) is 6.61 Å². The smallest absolute Gasteiger partial charge is 0.272 e. The highest BCUT2D eigenvalue weighted by atomic mass is 16.6. The SMILES string of the molecule is COc1ccc(C=O)cc1OCc1cccc([N+](=O)[O-])c1C. The van der Waals surface area contributed by atoms with Gasteiger partial charge >= 0.3 is 0 Å². The first kappa shape index (κ1) is 15.5. The number of methoxy groups -OCH3 is 1. The molecule has 0 spiro atoms. The monoisotopic (exact) mass is 301 g/mol. The highest BCUT2D eigenvalue weighted by Gasteiger charge is 2.14. The van der Waals surface area contributed by atoms with Gasteiger partial charge in [0.2, 0.25) is 0 Å². The highest BCUT2D eigenvalue weighted by Crippen LogP contribution is 2.29. The molecule has 0 heterocycles. The van der Waals surface area contributed by atoms with Crippen LogP contribution in [0, 0.1) is 17.0 Å². The molecule has 0 unspecified atom stereocenters. The minimum Gasteiger partial charge on any atom is -0.493 e. The van der Waals surface area contributed by atoms with Gasteiger partial charge in [-0.25, -0.2) is 0 Å². The lowest BCUT2D eigenvalue weighted by molar-refractivity contribution is -0.385. The number of ether oxygens (including phenoxy) is 2. The highest BCUT2D eigenvalue weighted by molar-refractivity contribution is 5.76. The molecular formula is C16H15NO5. The van der Waals surface area contributed by atoms with Crippen LogP contribution >= 0.6 is 0 Å². The van der Waals surface area contributed by atoms with Crippen molar-refractivity contribution in [1.29, 1.82) is 0 Å². The van der Waals surface area contributed by atoms with Gasteiger partial charge in [0.25, 0.3) is 5.69 Å². The van der Waals surface area contributed by atoms with Crippen molar-refractivity contribution in [2.75, 3.05) is 7.11 Å². The molecule has 114 valence electrons. The Morgan fingerprint density at radius 1 is 1.23 bits per heavy atom. The molecule has 0 N–H and O–H groups in total. The molecule has 0 saturated heterocycles. The molecule has 0 aliphatic heterocycles.